The molecule has 0 radical (unpaired) electrons. The van der Waals surface area contributed by atoms with Crippen molar-refractivity contribution in [3.63, 3.8) is 0 Å². The number of ether oxygens (including phenoxy) is 1. The van der Waals surface area contributed by atoms with E-state index in [0.717, 1.165) is 11.1 Å². The van der Waals surface area contributed by atoms with Crippen LogP contribution in [-0.2, 0) is 27.9 Å². The van der Waals surface area contributed by atoms with E-state index in [1.54, 1.807) is 43.5 Å². The average Bonchev–Trinajstić information content (AvgIpc) is 3.00. The first-order chi connectivity index (χ1) is 15.0. The number of methoxy groups -OCH3 is 1. The molecule has 4 rings (SSSR count). The van der Waals surface area contributed by atoms with Crippen LogP contribution in [0.4, 0.5) is 0 Å². The molecule has 0 aliphatic carbocycles. The highest BCUT2D eigenvalue weighted by Crippen LogP contribution is 2.42. The lowest BCUT2D eigenvalue weighted by Gasteiger charge is -2.23. The number of nitrogens with zero attached hydrogens (tertiary/aromatic N) is 1. The van der Waals surface area contributed by atoms with Gasteiger partial charge in [0, 0.05) is 19.5 Å². The van der Waals surface area contributed by atoms with Crippen LogP contribution in [0.1, 0.15) is 29.2 Å². The Kier molecular flexibility index (Phi) is 6.06. The van der Waals surface area contributed by atoms with Crippen molar-refractivity contribution in [1.29, 1.82) is 0 Å². The maximum atomic E-state index is 13.3. The highest BCUT2D eigenvalue weighted by molar-refractivity contribution is 7.89. The Hall–Kier alpha value is -3.16. The molecule has 3 aromatic rings. The zero-order valence-electron chi connectivity index (χ0n) is 17.2. The zero-order valence-corrected chi connectivity index (χ0v) is 18.0. The number of hydrogen-bond acceptors (Lipinski definition) is 4. The van der Waals surface area contributed by atoms with Gasteiger partial charge in [0.15, 0.2) is 0 Å². The summed E-state index contributed by atoms with van der Waals surface area (Å²) >= 11 is 0. The number of benzene rings is 3. The molecule has 3 aromatic carbocycles. The summed E-state index contributed by atoms with van der Waals surface area (Å²) in [5.74, 6) is 0.508. The highest BCUT2D eigenvalue weighted by atomic mass is 32.2. The van der Waals surface area contributed by atoms with Gasteiger partial charge in [-0.05, 0) is 34.9 Å². The van der Waals surface area contributed by atoms with Gasteiger partial charge in [0.25, 0.3) is 0 Å². The van der Waals surface area contributed by atoms with Gasteiger partial charge in [0.05, 0.1) is 18.0 Å². The van der Waals surface area contributed by atoms with E-state index in [1.807, 2.05) is 42.5 Å². The molecule has 1 atom stereocenters. The van der Waals surface area contributed by atoms with Crippen molar-refractivity contribution >= 4 is 15.9 Å². The summed E-state index contributed by atoms with van der Waals surface area (Å²) in [6.07, 6.45) is 0.0548. The SMILES string of the molecule is COc1ccc(CN2[C@@H](CC(=O)NCc3ccccc3)c3ccccc3S2(=O)=O)cc1. The van der Waals surface area contributed by atoms with Crippen LogP contribution < -0.4 is 10.1 Å². The van der Waals surface area contributed by atoms with E-state index in [2.05, 4.69) is 5.32 Å². The molecule has 0 saturated carbocycles. The maximum Gasteiger partial charge on any atom is 0.244 e. The molecule has 6 nitrogen and oxygen atoms in total. The summed E-state index contributed by atoms with van der Waals surface area (Å²) < 4.78 is 33.1. The molecule has 1 aliphatic rings. The summed E-state index contributed by atoms with van der Waals surface area (Å²) in [4.78, 5) is 13.0. The van der Waals surface area contributed by atoms with Crippen LogP contribution in [0.3, 0.4) is 0 Å². The second-order valence-corrected chi connectivity index (χ2v) is 9.28. The lowest BCUT2D eigenvalue weighted by Crippen LogP contribution is -2.32. The van der Waals surface area contributed by atoms with E-state index in [0.29, 0.717) is 17.9 Å². The van der Waals surface area contributed by atoms with Crippen molar-refractivity contribution in [2.75, 3.05) is 7.11 Å². The Morgan fingerprint density at radius 1 is 0.935 bits per heavy atom. The van der Waals surface area contributed by atoms with Crippen LogP contribution in [0.2, 0.25) is 0 Å². The number of carbonyl (C=O) groups excluding carboxylic acids is 1. The molecular weight excluding hydrogens is 412 g/mol. The van der Waals surface area contributed by atoms with Crippen molar-refractivity contribution in [1.82, 2.24) is 9.62 Å². The fraction of sp³-hybridized carbons (Fsp3) is 0.208. The zero-order chi connectivity index (χ0) is 21.8. The van der Waals surface area contributed by atoms with Gasteiger partial charge in [-0.3, -0.25) is 4.79 Å². The lowest BCUT2D eigenvalue weighted by atomic mass is 10.0. The fourth-order valence-corrected chi connectivity index (χ4v) is 5.65. The molecule has 1 aliphatic heterocycles. The second-order valence-electron chi connectivity index (χ2n) is 7.42. The van der Waals surface area contributed by atoms with Gasteiger partial charge in [0.2, 0.25) is 15.9 Å². The van der Waals surface area contributed by atoms with E-state index in [4.69, 9.17) is 4.74 Å². The largest absolute Gasteiger partial charge is 0.497 e. The van der Waals surface area contributed by atoms with Crippen LogP contribution in [0, 0.1) is 0 Å². The number of sulfonamides is 1. The third-order valence-electron chi connectivity index (χ3n) is 5.42. The van der Waals surface area contributed by atoms with Gasteiger partial charge >= 0.3 is 0 Å². The Balaban J connectivity index is 1.56. The smallest absolute Gasteiger partial charge is 0.244 e. The molecule has 0 saturated heterocycles. The Morgan fingerprint density at radius 3 is 2.32 bits per heavy atom. The molecule has 0 aromatic heterocycles. The highest BCUT2D eigenvalue weighted by Gasteiger charge is 2.43. The molecule has 160 valence electrons. The Bertz CT molecular complexity index is 1160. The predicted octanol–water partition coefficient (Wildman–Crippen LogP) is 3.65. The normalized spacial score (nSPS) is 17.1. The Morgan fingerprint density at radius 2 is 1.61 bits per heavy atom. The van der Waals surface area contributed by atoms with E-state index in [9.17, 15) is 13.2 Å². The summed E-state index contributed by atoms with van der Waals surface area (Å²) in [7, 11) is -2.12. The van der Waals surface area contributed by atoms with Gasteiger partial charge in [-0.25, -0.2) is 8.42 Å². The van der Waals surface area contributed by atoms with Crippen molar-refractivity contribution < 1.29 is 17.9 Å². The van der Waals surface area contributed by atoms with Crippen LogP contribution in [0.15, 0.2) is 83.8 Å². The van der Waals surface area contributed by atoms with Crippen molar-refractivity contribution in [3.8, 4) is 5.75 Å². The number of amides is 1. The van der Waals surface area contributed by atoms with Gasteiger partial charge in [0.1, 0.15) is 5.75 Å². The van der Waals surface area contributed by atoms with Gasteiger partial charge < -0.3 is 10.1 Å². The molecule has 31 heavy (non-hydrogen) atoms. The first kappa shape index (κ1) is 21.1. The molecule has 1 N–H and O–H groups in total. The topological polar surface area (TPSA) is 75.7 Å². The first-order valence-corrected chi connectivity index (χ1v) is 11.5. The van der Waals surface area contributed by atoms with E-state index in [1.165, 1.54) is 4.31 Å². The van der Waals surface area contributed by atoms with E-state index < -0.39 is 16.1 Å². The summed E-state index contributed by atoms with van der Waals surface area (Å²) in [5.41, 5.74) is 2.48. The molecule has 0 spiro atoms. The van der Waals surface area contributed by atoms with Gasteiger partial charge in [-0.15, -0.1) is 0 Å². The minimum absolute atomic E-state index is 0.0548. The minimum Gasteiger partial charge on any atom is -0.497 e. The molecule has 1 heterocycles. The van der Waals surface area contributed by atoms with Crippen molar-refractivity contribution in [2.24, 2.45) is 0 Å². The lowest BCUT2D eigenvalue weighted by molar-refractivity contribution is -0.122. The van der Waals surface area contributed by atoms with Crippen LogP contribution in [-0.4, -0.2) is 25.7 Å². The number of nitrogens with one attached hydrogen (secondary N) is 1. The third kappa shape index (κ3) is 4.47. The van der Waals surface area contributed by atoms with Crippen LogP contribution in [0.25, 0.3) is 0 Å². The van der Waals surface area contributed by atoms with E-state index in [-0.39, 0.29) is 23.8 Å². The van der Waals surface area contributed by atoms with Crippen LogP contribution in [0.5, 0.6) is 5.75 Å². The number of rotatable bonds is 7. The monoisotopic (exact) mass is 436 g/mol. The molecular formula is C24H24N2O4S. The summed E-state index contributed by atoms with van der Waals surface area (Å²) in [5, 5.41) is 2.91. The van der Waals surface area contributed by atoms with Crippen LogP contribution >= 0.6 is 0 Å². The Labute approximate surface area is 182 Å². The fourth-order valence-electron chi connectivity index (χ4n) is 3.80. The molecule has 0 bridgehead atoms. The summed E-state index contributed by atoms with van der Waals surface area (Å²) in [6, 6.07) is 23.2. The van der Waals surface area contributed by atoms with E-state index >= 15 is 0 Å². The van der Waals surface area contributed by atoms with Crippen molar-refractivity contribution in [3.05, 3.63) is 95.6 Å². The van der Waals surface area contributed by atoms with Gasteiger partial charge in [-0.2, -0.15) is 4.31 Å². The third-order valence-corrected chi connectivity index (χ3v) is 7.35. The van der Waals surface area contributed by atoms with Crippen molar-refractivity contribution in [2.45, 2.75) is 30.4 Å². The average molecular weight is 437 g/mol. The summed E-state index contributed by atoms with van der Waals surface area (Å²) in [6.45, 7) is 0.580. The minimum atomic E-state index is -3.70. The quantitative estimate of drug-likeness (QED) is 0.614. The number of hydrogen-bond donors (Lipinski definition) is 1. The molecule has 1 amide bonds. The number of fused-ring (bicyclic) bond motifs is 1. The second kappa shape index (κ2) is 8.91. The van der Waals surface area contributed by atoms with Gasteiger partial charge in [-0.1, -0.05) is 60.7 Å². The molecule has 0 unspecified atom stereocenters. The molecule has 0 fully saturated rings. The number of carbonyl (C=O) groups is 1. The standard InChI is InChI=1S/C24H24N2O4S/c1-30-20-13-11-19(12-14-20)17-26-22(21-9-5-6-10-23(21)31(26,28)29)15-24(27)25-16-18-7-3-2-4-8-18/h2-14,22H,15-17H2,1H3,(H,25,27)/t22-/m0/s1. The first-order valence-electron chi connectivity index (χ1n) is 10.0. The maximum absolute atomic E-state index is 13.3. The predicted molar refractivity (Wildman–Crippen MR) is 118 cm³/mol. The molecule has 7 heteroatoms.